The van der Waals surface area contributed by atoms with E-state index in [0.717, 1.165) is 17.9 Å². The van der Waals surface area contributed by atoms with Gasteiger partial charge in [-0.15, -0.1) is 0 Å². The van der Waals surface area contributed by atoms with Gasteiger partial charge in [0.15, 0.2) is 0 Å². The minimum Gasteiger partial charge on any atom is -0.331 e. The van der Waals surface area contributed by atoms with E-state index >= 15 is 0 Å². The lowest BCUT2D eigenvalue weighted by atomic mass is 10.1. The third-order valence-electron chi connectivity index (χ3n) is 3.49. The molecule has 2 aromatic rings. The highest BCUT2D eigenvalue weighted by atomic mass is 15.2. The maximum absolute atomic E-state index is 5.98. The van der Waals surface area contributed by atoms with Crippen LogP contribution in [0.25, 0.3) is 0 Å². The number of hydrogen-bond acceptors (Lipinski definition) is 4. The zero-order chi connectivity index (χ0) is 14.5. The number of pyridine rings is 1. The first kappa shape index (κ1) is 14.7. The van der Waals surface area contributed by atoms with E-state index in [1.54, 1.807) is 0 Å². The van der Waals surface area contributed by atoms with Crippen molar-refractivity contribution in [3.05, 3.63) is 48.3 Å². The molecule has 0 aromatic carbocycles. The van der Waals surface area contributed by atoms with Crippen molar-refractivity contribution in [2.45, 2.75) is 32.5 Å². The third-order valence-corrected chi connectivity index (χ3v) is 3.49. The first-order valence-electron chi connectivity index (χ1n) is 6.95. The number of imidazole rings is 1. The number of nitrogens with zero attached hydrogens (tertiary/aromatic N) is 4. The molecule has 0 amide bonds. The predicted octanol–water partition coefficient (Wildman–Crippen LogP) is 1.99. The van der Waals surface area contributed by atoms with Crippen LogP contribution < -0.4 is 5.73 Å². The second kappa shape index (κ2) is 6.63. The summed E-state index contributed by atoms with van der Waals surface area (Å²) in [6.45, 7) is 5.63. The lowest BCUT2D eigenvalue weighted by Crippen LogP contribution is -2.32. The Kier molecular flexibility index (Phi) is 4.87. The van der Waals surface area contributed by atoms with Crippen molar-refractivity contribution < 1.29 is 0 Å². The number of aromatic nitrogens is 3. The predicted molar refractivity (Wildman–Crippen MR) is 80.1 cm³/mol. The summed E-state index contributed by atoms with van der Waals surface area (Å²) in [5.41, 5.74) is 8.18. The second-order valence-electron chi connectivity index (χ2n) is 5.31. The van der Waals surface area contributed by atoms with Gasteiger partial charge >= 0.3 is 0 Å². The first-order valence-corrected chi connectivity index (χ1v) is 6.95. The smallest absolute Gasteiger partial charge is 0.0951 e. The van der Waals surface area contributed by atoms with E-state index in [0.29, 0.717) is 12.6 Å². The molecule has 108 valence electrons. The minimum atomic E-state index is 0.141. The summed E-state index contributed by atoms with van der Waals surface area (Å²) < 4.78 is 2.17. The summed E-state index contributed by atoms with van der Waals surface area (Å²) in [7, 11) is 2.07. The summed E-state index contributed by atoms with van der Waals surface area (Å²) in [6, 6.07) is 6.49. The van der Waals surface area contributed by atoms with Crippen LogP contribution in [0.4, 0.5) is 0 Å². The maximum Gasteiger partial charge on any atom is 0.0951 e. The largest absolute Gasteiger partial charge is 0.331 e. The van der Waals surface area contributed by atoms with Crippen molar-refractivity contribution in [2.24, 2.45) is 5.73 Å². The fraction of sp³-hybridized carbons (Fsp3) is 0.467. The molecule has 0 saturated heterocycles. The van der Waals surface area contributed by atoms with E-state index in [1.165, 1.54) is 0 Å². The number of hydrogen-bond donors (Lipinski definition) is 1. The summed E-state index contributed by atoms with van der Waals surface area (Å²) in [5, 5.41) is 0. The molecule has 0 bridgehead atoms. The van der Waals surface area contributed by atoms with Gasteiger partial charge in [-0.25, -0.2) is 4.98 Å². The Hall–Kier alpha value is -1.72. The van der Waals surface area contributed by atoms with E-state index in [2.05, 4.69) is 40.3 Å². The Labute approximate surface area is 120 Å². The number of rotatable bonds is 6. The fourth-order valence-electron chi connectivity index (χ4n) is 2.39. The van der Waals surface area contributed by atoms with Gasteiger partial charge in [-0.1, -0.05) is 6.07 Å². The van der Waals surface area contributed by atoms with Gasteiger partial charge in [0.05, 0.1) is 23.8 Å². The van der Waals surface area contributed by atoms with E-state index in [1.807, 2.05) is 36.9 Å². The number of likely N-dealkylation sites (N-methyl/N-ethyl adjacent to an activating group) is 1. The fourth-order valence-corrected chi connectivity index (χ4v) is 2.39. The Balaban J connectivity index is 2.17. The molecule has 2 heterocycles. The van der Waals surface area contributed by atoms with Crippen molar-refractivity contribution in [3.63, 3.8) is 0 Å². The summed E-state index contributed by atoms with van der Waals surface area (Å²) in [5.74, 6) is 0. The molecule has 0 fully saturated rings. The second-order valence-corrected chi connectivity index (χ2v) is 5.31. The van der Waals surface area contributed by atoms with Crippen molar-refractivity contribution in [1.29, 1.82) is 0 Å². The minimum absolute atomic E-state index is 0.141. The Morgan fingerprint density at radius 1 is 1.35 bits per heavy atom. The number of nitrogens with two attached hydrogens (primary N) is 1. The zero-order valence-electron chi connectivity index (χ0n) is 12.4. The normalized spacial score (nSPS) is 13.1. The molecular formula is C15H23N5. The zero-order valence-corrected chi connectivity index (χ0v) is 12.4. The average molecular weight is 273 g/mol. The molecule has 0 aliphatic carbocycles. The highest BCUT2D eigenvalue weighted by Crippen LogP contribution is 2.22. The molecule has 1 unspecified atom stereocenters. The van der Waals surface area contributed by atoms with Crippen LogP contribution in [0.2, 0.25) is 0 Å². The highest BCUT2D eigenvalue weighted by Gasteiger charge is 2.20. The van der Waals surface area contributed by atoms with Crippen molar-refractivity contribution >= 4 is 0 Å². The van der Waals surface area contributed by atoms with Crippen LogP contribution in [0, 0.1) is 0 Å². The molecule has 2 rings (SSSR count). The molecule has 20 heavy (non-hydrogen) atoms. The molecule has 0 spiro atoms. The van der Waals surface area contributed by atoms with Crippen LogP contribution in [0.5, 0.6) is 0 Å². The van der Waals surface area contributed by atoms with E-state index in [-0.39, 0.29) is 6.04 Å². The molecule has 5 nitrogen and oxygen atoms in total. The molecule has 5 heteroatoms. The lowest BCUT2D eigenvalue weighted by Gasteiger charge is -2.28. The van der Waals surface area contributed by atoms with Gasteiger partial charge in [-0.3, -0.25) is 9.88 Å². The van der Waals surface area contributed by atoms with Crippen LogP contribution >= 0.6 is 0 Å². The standard InChI is InChI=1S/C15H23N5/c1-12(2)20-11-17-9-15(20)14(8-16)19(3)10-13-6-4-5-7-18-13/h4-7,9,11-12,14H,8,10,16H2,1-3H3. The van der Waals surface area contributed by atoms with E-state index in [4.69, 9.17) is 5.73 Å². The highest BCUT2D eigenvalue weighted by molar-refractivity contribution is 5.09. The van der Waals surface area contributed by atoms with Gasteiger partial charge in [-0.2, -0.15) is 0 Å². The van der Waals surface area contributed by atoms with Crippen LogP contribution in [0.1, 0.15) is 37.3 Å². The summed E-state index contributed by atoms with van der Waals surface area (Å²) >= 11 is 0. The molecule has 2 aromatic heterocycles. The maximum atomic E-state index is 5.98. The van der Waals surface area contributed by atoms with Gasteiger partial charge in [0, 0.05) is 31.5 Å². The Morgan fingerprint density at radius 2 is 2.15 bits per heavy atom. The topological polar surface area (TPSA) is 60.0 Å². The summed E-state index contributed by atoms with van der Waals surface area (Å²) in [4.78, 5) is 10.9. The van der Waals surface area contributed by atoms with Gasteiger partial charge in [0.25, 0.3) is 0 Å². The molecule has 1 atom stereocenters. The molecular weight excluding hydrogens is 250 g/mol. The molecule has 0 radical (unpaired) electrons. The lowest BCUT2D eigenvalue weighted by molar-refractivity contribution is 0.228. The molecule has 0 aliphatic heterocycles. The van der Waals surface area contributed by atoms with Crippen LogP contribution in [-0.4, -0.2) is 33.0 Å². The van der Waals surface area contributed by atoms with Crippen LogP contribution in [-0.2, 0) is 6.54 Å². The van der Waals surface area contributed by atoms with Crippen molar-refractivity contribution in [3.8, 4) is 0 Å². The van der Waals surface area contributed by atoms with Gasteiger partial charge in [0.1, 0.15) is 0 Å². The summed E-state index contributed by atoms with van der Waals surface area (Å²) in [6.07, 6.45) is 5.60. The average Bonchev–Trinajstić information content (AvgIpc) is 2.90. The van der Waals surface area contributed by atoms with Gasteiger partial charge in [0.2, 0.25) is 0 Å². The van der Waals surface area contributed by atoms with E-state index < -0.39 is 0 Å². The SMILES string of the molecule is CC(C)n1cncc1C(CN)N(C)Cc1ccccn1. The molecule has 0 aliphatic rings. The molecule has 2 N–H and O–H groups in total. The molecule has 0 saturated carbocycles. The third kappa shape index (κ3) is 3.23. The van der Waals surface area contributed by atoms with E-state index in [9.17, 15) is 0 Å². The Bertz CT molecular complexity index is 520. The van der Waals surface area contributed by atoms with Gasteiger partial charge in [-0.05, 0) is 33.0 Å². The van der Waals surface area contributed by atoms with Crippen LogP contribution in [0.3, 0.4) is 0 Å². The van der Waals surface area contributed by atoms with Gasteiger partial charge < -0.3 is 10.3 Å². The quantitative estimate of drug-likeness (QED) is 0.874. The van der Waals surface area contributed by atoms with Crippen molar-refractivity contribution in [2.75, 3.05) is 13.6 Å². The monoisotopic (exact) mass is 273 g/mol. The Morgan fingerprint density at radius 3 is 2.75 bits per heavy atom. The first-order chi connectivity index (χ1) is 9.63. The van der Waals surface area contributed by atoms with Crippen LogP contribution in [0.15, 0.2) is 36.9 Å². The van der Waals surface area contributed by atoms with Crippen molar-refractivity contribution in [1.82, 2.24) is 19.4 Å².